The van der Waals surface area contributed by atoms with Crippen molar-refractivity contribution in [1.82, 2.24) is 0 Å². The first-order valence-electron chi connectivity index (χ1n) is 8.96. The number of carbonyl (C=O) groups excluding carboxylic acids is 2. The fourth-order valence-corrected chi connectivity index (χ4v) is 3.33. The number of hydrogen-bond acceptors (Lipinski definition) is 5. The first-order chi connectivity index (χ1) is 11.5. The van der Waals surface area contributed by atoms with Crippen molar-refractivity contribution in [3.05, 3.63) is 22.5 Å². The molecule has 0 aliphatic carbocycles. The van der Waals surface area contributed by atoms with E-state index in [-0.39, 0.29) is 13.2 Å². The van der Waals surface area contributed by atoms with Gasteiger partial charge in [-0.05, 0) is 49.8 Å². The quantitative estimate of drug-likeness (QED) is 0.493. The molecule has 0 radical (unpaired) electrons. The van der Waals surface area contributed by atoms with Gasteiger partial charge < -0.3 is 14.2 Å². The number of esters is 2. The van der Waals surface area contributed by atoms with Gasteiger partial charge in [-0.2, -0.15) is 0 Å². The summed E-state index contributed by atoms with van der Waals surface area (Å²) in [6, 6.07) is 0. The van der Waals surface area contributed by atoms with Crippen LogP contribution in [0.4, 0.5) is 0 Å². The van der Waals surface area contributed by atoms with Crippen molar-refractivity contribution < 1.29 is 23.8 Å². The lowest BCUT2D eigenvalue weighted by molar-refractivity contribution is -0.182. The summed E-state index contributed by atoms with van der Waals surface area (Å²) >= 11 is 0. The van der Waals surface area contributed by atoms with Crippen LogP contribution in [0, 0.1) is 0 Å². The molecule has 1 aliphatic heterocycles. The summed E-state index contributed by atoms with van der Waals surface area (Å²) in [5.74, 6) is -0.702. The third-order valence-electron chi connectivity index (χ3n) is 4.27. The molecule has 0 spiro atoms. The lowest BCUT2D eigenvalue weighted by Crippen LogP contribution is -2.54. The second kappa shape index (κ2) is 8.90. The molecule has 136 valence electrons. The Morgan fingerprint density at radius 1 is 0.792 bits per heavy atom. The average molecular weight is 338 g/mol. The summed E-state index contributed by atoms with van der Waals surface area (Å²) in [6.07, 6.45) is 2.63. The van der Waals surface area contributed by atoms with E-state index in [0.29, 0.717) is 24.2 Å². The van der Waals surface area contributed by atoms with Crippen LogP contribution in [0.5, 0.6) is 0 Å². The zero-order chi connectivity index (χ0) is 18.3. The molecule has 0 unspecified atom stereocenters. The molecule has 0 aromatic heterocycles. The summed E-state index contributed by atoms with van der Waals surface area (Å²) < 4.78 is 16.5. The third-order valence-corrected chi connectivity index (χ3v) is 4.27. The molecule has 0 N–H and O–H groups in total. The zero-order valence-electron chi connectivity index (χ0n) is 15.8. The minimum Gasteiger partial charge on any atom is -0.464 e. The molecule has 5 nitrogen and oxygen atoms in total. The summed E-state index contributed by atoms with van der Waals surface area (Å²) in [7, 11) is 0. The third kappa shape index (κ3) is 3.35. The molecule has 1 rings (SSSR count). The fourth-order valence-electron chi connectivity index (χ4n) is 3.33. The van der Waals surface area contributed by atoms with Crippen LogP contribution >= 0.6 is 0 Å². The Morgan fingerprint density at radius 2 is 1.29 bits per heavy atom. The molecule has 1 aliphatic rings. The van der Waals surface area contributed by atoms with Crippen LogP contribution in [-0.4, -0.2) is 30.8 Å². The van der Waals surface area contributed by atoms with Gasteiger partial charge in [0.15, 0.2) is 0 Å². The molecule has 5 heteroatoms. The van der Waals surface area contributed by atoms with Gasteiger partial charge in [-0.1, -0.05) is 27.7 Å². The van der Waals surface area contributed by atoms with Crippen molar-refractivity contribution in [3.8, 4) is 0 Å². The van der Waals surface area contributed by atoms with E-state index in [2.05, 4.69) is 6.92 Å². The standard InChI is InChI=1S/C19H30O5/c1-7-13-14(8-2)16(10-4)24-19(15(13)9-3,17(20)22-11-5)18(21)23-12-6/h7-12H2,1-6H3. The van der Waals surface area contributed by atoms with E-state index < -0.39 is 17.5 Å². The van der Waals surface area contributed by atoms with E-state index in [9.17, 15) is 9.59 Å². The molecule has 0 amide bonds. The lowest BCUT2D eigenvalue weighted by atomic mass is 9.80. The number of ether oxygens (including phenoxy) is 3. The van der Waals surface area contributed by atoms with E-state index in [1.807, 2.05) is 20.8 Å². The zero-order valence-corrected chi connectivity index (χ0v) is 15.8. The van der Waals surface area contributed by atoms with Crippen LogP contribution < -0.4 is 0 Å². The second-order valence-corrected chi connectivity index (χ2v) is 5.50. The highest BCUT2D eigenvalue weighted by Gasteiger charge is 2.57. The molecule has 0 bridgehead atoms. The topological polar surface area (TPSA) is 61.8 Å². The number of hydrogen-bond donors (Lipinski definition) is 0. The van der Waals surface area contributed by atoms with Gasteiger partial charge in [0.25, 0.3) is 0 Å². The van der Waals surface area contributed by atoms with Gasteiger partial charge in [0.2, 0.25) is 0 Å². The van der Waals surface area contributed by atoms with Crippen LogP contribution in [0.25, 0.3) is 0 Å². The molecule has 0 atom stereocenters. The van der Waals surface area contributed by atoms with Crippen LogP contribution in [0.15, 0.2) is 22.5 Å². The first-order valence-corrected chi connectivity index (χ1v) is 8.96. The molecule has 24 heavy (non-hydrogen) atoms. The summed E-state index contributed by atoms with van der Waals surface area (Å²) in [5, 5.41) is 0. The Bertz CT molecular complexity index is 524. The monoisotopic (exact) mass is 338 g/mol. The number of carbonyl (C=O) groups is 2. The largest absolute Gasteiger partial charge is 0.464 e. The van der Waals surface area contributed by atoms with Crippen LogP contribution in [0.1, 0.15) is 67.2 Å². The van der Waals surface area contributed by atoms with Gasteiger partial charge in [-0.25, -0.2) is 9.59 Å². The van der Waals surface area contributed by atoms with Crippen LogP contribution in [0.3, 0.4) is 0 Å². The van der Waals surface area contributed by atoms with E-state index in [1.54, 1.807) is 13.8 Å². The number of rotatable bonds is 8. The Kier molecular flexibility index (Phi) is 7.52. The SMILES string of the molecule is CCOC(=O)C1(C(=O)OCC)OC(CC)=C(CC)C(CC)=C1CC. The van der Waals surface area contributed by atoms with Gasteiger partial charge in [0, 0.05) is 6.42 Å². The van der Waals surface area contributed by atoms with Gasteiger partial charge in [0.05, 0.1) is 13.2 Å². The summed E-state index contributed by atoms with van der Waals surface area (Å²) in [5.41, 5.74) is 0.956. The Morgan fingerprint density at radius 3 is 1.62 bits per heavy atom. The lowest BCUT2D eigenvalue weighted by Gasteiger charge is -2.38. The first kappa shape index (κ1) is 20.3. The second-order valence-electron chi connectivity index (χ2n) is 5.50. The van der Waals surface area contributed by atoms with E-state index >= 15 is 0 Å². The molecular formula is C19H30O5. The maximum Gasteiger partial charge on any atom is 0.367 e. The van der Waals surface area contributed by atoms with E-state index in [4.69, 9.17) is 14.2 Å². The van der Waals surface area contributed by atoms with Crippen LogP contribution in [-0.2, 0) is 23.8 Å². The van der Waals surface area contributed by atoms with Crippen molar-refractivity contribution >= 4 is 11.9 Å². The molecule has 0 saturated carbocycles. The highest BCUT2D eigenvalue weighted by molar-refractivity contribution is 6.08. The van der Waals surface area contributed by atoms with Crippen molar-refractivity contribution in [3.63, 3.8) is 0 Å². The molecule has 0 saturated heterocycles. The maximum atomic E-state index is 12.8. The Labute approximate surface area is 145 Å². The Balaban J connectivity index is 3.69. The molecule has 1 heterocycles. The van der Waals surface area contributed by atoms with Gasteiger partial charge in [-0.3, -0.25) is 0 Å². The normalized spacial score (nSPS) is 16.8. The molecule has 0 aromatic rings. The highest BCUT2D eigenvalue weighted by Crippen LogP contribution is 2.43. The van der Waals surface area contributed by atoms with E-state index in [1.165, 1.54) is 0 Å². The van der Waals surface area contributed by atoms with Gasteiger partial charge >= 0.3 is 17.5 Å². The predicted octanol–water partition coefficient (Wildman–Crippen LogP) is 4.07. The van der Waals surface area contributed by atoms with Crippen LogP contribution in [0.2, 0.25) is 0 Å². The average Bonchev–Trinajstić information content (AvgIpc) is 2.59. The minimum absolute atomic E-state index is 0.174. The Hall–Kier alpha value is -1.78. The van der Waals surface area contributed by atoms with Crippen molar-refractivity contribution in [2.45, 2.75) is 72.8 Å². The van der Waals surface area contributed by atoms with Crippen molar-refractivity contribution in [1.29, 1.82) is 0 Å². The number of allylic oxidation sites excluding steroid dienone is 3. The van der Waals surface area contributed by atoms with Gasteiger partial charge in [0.1, 0.15) is 5.76 Å². The highest BCUT2D eigenvalue weighted by atomic mass is 16.6. The molecular weight excluding hydrogens is 308 g/mol. The fraction of sp³-hybridized carbons (Fsp3) is 0.684. The van der Waals surface area contributed by atoms with Crippen molar-refractivity contribution in [2.24, 2.45) is 0 Å². The summed E-state index contributed by atoms with van der Waals surface area (Å²) in [4.78, 5) is 25.6. The van der Waals surface area contributed by atoms with E-state index in [0.717, 1.165) is 24.0 Å². The maximum absolute atomic E-state index is 12.8. The predicted molar refractivity (Wildman–Crippen MR) is 92.3 cm³/mol. The summed E-state index contributed by atoms with van der Waals surface area (Å²) in [6.45, 7) is 11.7. The molecule has 0 aromatic carbocycles. The molecule has 0 fully saturated rings. The smallest absolute Gasteiger partial charge is 0.367 e. The minimum atomic E-state index is -1.81. The van der Waals surface area contributed by atoms with Crippen molar-refractivity contribution in [2.75, 3.05) is 13.2 Å². The van der Waals surface area contributed by atoms with Gasteiger partial charge in [-0.15, -0.1) is 0 Å².